The summed E-state index contributed by atoms with van der Waals surface area (Å²) in [5, 5.41) is 0. The molecule has 0 spiro atoms. The van der Waals surface area contributed by atoms with Gasteiger partial charge in [0.2, 0.25) is 0 Å². The molecule has 2 heteroatoms. The lowest BCUT2D eigenvalue weighted by Crippen LogP contribution is -2.27. The topological polar surface area (TPSA) is 12.5 Å². The number of rotatable bonds is 0. The Morgan fingerprint density at radius 2 is 1.78 bits per heavy atom. The van der Waals surface area contributed by atoms with Crippen molar-refractivity contribution in [2.24, 2.45) is 5.41 Å². The number of alkyl halides is 1. The van der Waals surface area contributed by atoms with E-state index >= 15 is 0 Å². The normalized spacial score (nSPS) is 43.0. The summed E-state index contributed by atoms with van der Waals surface area (Å²) in [7, 11) is 0. The Morgan fingerprint density at radius 3 is 1.78 bits per heavy atom. The van der Waals surface area contributed by atoms with E-state index in [4.69, 9.17) is 16.3 Å². The molecule has 1 nitrogen and oxygen atoms in total. The highest BCUT2D eigenvalue weighted by atomic mass is 35.5. The van der Waals surface area contributed by atoms with Gasteiger partial charge in [-0.1, -0.05) is 32.4 Å². The summed E-state index contributed by atoms with van der Waals surface area (Å²) in [5.41, 5.74) is 0.00559. The van der Waals surface area contributed by atoms with Gasteiger partial charge in [0, 0.05) is 0 Å². The predicted molar refractivity (Wildman–Crippen MR) is 38.6 cm³/mol. The van der Waals surface area contributed by atoms with Crippen LogP contribution >= 0.6 is 11.6 Å². The molecule has 0 aromatic carbocycles. The van der Waals surface area contributed by atoms with E-state index in [2.05, 4.69) is 20.8 Å². The van der Waals surface area contributed by atoms with Gasteiger partial charge in [0.15, 0.2) is 5.56 Å². The number of hydrogen-bond donors (Lipinski definition) is 0. The fourth-order valence-electron chi connectivity index (χ4n) is 0.698. The SMILES string of the molecule is CC(C)(C)C1(C)OC1Cl. The van der Waals surface area contributed by atoms with Crippen molar-refractivity contribution in [1.82, 2.24) is 0 Å². The summed E-state index contributed by atoms with van der Waals surface area (Å²) in [6, 6.07) is 0. The van der Waals surface area contributed by atoms with Gasteiger partial charge < -0.3 is 4.74 Å². The van der Waals surface area contributed by atoms with Crippen LogP contribution in [0.4, 0.5) is 0 Å². The average molecular weight is 149 g/mol. The molecule has 2 atom stereocenters. The fourth-order valence-corrected chi connectivity index (χ4v) is 1.21. The van der Waals surface area contributed by atoms with E-state index in [1.165, 1.54) is 0 Å². The second-order valence-corrected chi connectivity index (χ2v) is 4.19. The smallest absolute Gasteiger partial charge is 0.161 e. The highest BCUT2D eigenvalue weighted by Crippen LogP contribution is 2.51. The molecule has 9 heavy (non-hydrogen) atoms. The molecule has 54 valence electrons. The molecule has 0 radical (unpaired) electrons. The first-order chi connectivity index (χ1) is 3.88. The Hall–Kier alpha value is 0.250. The number of epoxide rings is 1. The van der Waals surface area contributed by atoms with Crippen LogP contribution in [0.3, 0.4) is 0 Å². The van der Waals surface area contributed by atoms with Crippen molar-refractivity contribution in [2.75, 3.05) is 0 Å². The summed E-state index contributed by atoms with van der Waals surface area (Å²) in [6.07, 6.45) is 0. The van der Waals surface area contributed by atoms with Crippen LogP contribution in [-0.2, 0) is 4.74 Å². The molecule has 1 heterocycles. The molecule has 0 aliphatic carbocycles. The zero-order chi connectivity index (χ0) is 7.28. The van der Waals surface area contributed by atoms with Crippen LogP contribution in [0.5, 0.6) is 0 Å². The molecule has 1 saturated heterocycles. The number of ether oxygens (including phenoxy) is 1. The maximum absolute atomic E-state index is 5.76. The van der Waals surface area contributed by atoms with E-state index in [1.807, 2.05) is 6.92 Å². The van der Waals surface area contributed by atoms with Crippen molar-refractivity contribution >= 4 is 11.6 Å². The molecule has 2 unspecified atom stereocenters. The van der Waals surface area contributed by atoms with Crippen molar-refractivity contribution in [2.45, 2.75) is 38.9 Å². The Labute approximate surface area is 61.3 Å². The molecule has 0 bridgehead atoms. The lowest BCUT2D eigenvalue weighted by atomic mass is 9.82. The second kappa shape index (κ2) is 1.64. The highest BCUT2D eigenvalue weighted by Gasteiger charge is 2.58. The maximum Gasteiger partial charge on any atom is 0.161 e. The van der Waals surface area contributed by atoms with Crippen LogP contribution in [0.15, 0.2) is 0 Å². The molecule has 1 rings (SSSR count). The predicted octanol–water partition coefficient (Wildman–Crippen LogP) is 2.39. The maximum atomic E-state index is 5.76. The van der Waals surface area contributed by atoms with Crippen molar-refractivity contribution in [3.8, 4) is 0 Å². The number of halogens is 1. The molecular weight excluding hydrogens is 136 g/mol. The summed E-state index contributed by atoms with van der Waals surface area (Å²) in [5.74, 6) is 0. The first kappa shape index (κ1) is 7.36. The number of hydrogen-bond acceptors (Lipinski definition) is 1. The monoisotopic (exact) mass is 148 g/mol. The van der Waals surface area contributed by atoms with Crippen LogP contribution in [0, 0.1) is 5.41 Å². The van der Waals surface area contributed by atoms with Gasteiger partial charge in [-0.2, -0.15) is 0 Å². The van der Waals surface area contributed by atoms with Gasteiger partial charge in [0.25, 0.3) is 0 Å². The molecule has 0 N–H and O–H groups in total. The average Bonchev–Trinajstić information content (AvgIpc) is 2.13. The molecule has 0 amide bonds. The fraction of sp³-hybridized carbons (Fsp3) is 1.00. The van der Waals surface area contributed by atoms with Gasteiger partial charge in [0.1, 0.15) is 5.60 Å². The minimum Gasteiger partial charge on any atom is -0.349 e. The standard InChI is InChI=1S/C7H13ClO/c1-6(2,3)7(4)5(8)9-7/h5H,1-4H3. The van der Waals surface area contributed by atoms with E-state index in [9.17, 15) is 0 Å². The van der Waals surface area contributed by atoms with E-state index in [0.717, 1.165) is 0 Å². The van der Waals surface area contributed by atoms with E-state index in [-0.39, 0.29) is 16.6 Å². The van der Waals surface area contributed by atoms with Gasteiger partial charge in [-0.05, 0) is 12.3 Å². The minimum absolute atomic E-state index is 0.0718. The zero-order valence-corrected chi connectivity index (χ0v) is 7.12. The Bertz CT molecular complexity index is 127. The van der Waals surface area contributed by atoms with Gasteiger partial charge in [-0.15, -0.1) is 0 Å². The largest absolute Gasteiger partial charge is 0.349 e. The van der Waals surface area contributed by atoms with Crippen LogP contribution in [0.25, 0.3) is 0 Å². The van der Waals surface area contributed by atoms with E-state index in [1.54, 1.807) is 0 Å². The first-order valence-corrected chi connectivity index (χ1v) is 3.63. The summed E-state index contributed by atoms with van der Waals surface area (Å²) in [4.78, 5) is 0. The van der Waals surface area contributed by atoms with Gasteiger partial charge in [-0.3, -0.25) is 0 Å². The van der Waals surface area contributed by atoms with Gasteiger partial charge >= 0.3 is 0 Å². The molecular formula is C7H13ClO. The lowest BCUT2D eigenvalue weighted by molar-refractivity contribution is 0.173. The Morgan fingerprint density at radius 1 is 1.44 bits per heavy atom. The third kappa shape index (κ3) is 0.968. The summed E-state index contributed by atoms with van der Waals surface area (Å²) in [6.45, 7) is 8.45. The van der Waals surface area contributed by atoms with E-state index < -0.39 is 0 Å². The summed E-state index contributed by atoms with van der Waals surface area (Å²) >= 11 is 5.76. The van der Waals surface area contributed by atoms with Gasteiger partial charge in [0.05, 0.1) is 0 Å². The third-order valence-electron chi connectivity index (χ3n) is 2.21. The molecule has 1 fully saturated rings. The second-order valence-electron chi connectivity index (χ2n) is 3.79. The molecule has 1 aliphatic heterocycles. The molecule has 0 saturated carbocycles. The molecule has 0 aromatic heterocycles. The molecule has 0 aromatic rings. The minimum atomic E-state index is -0.0887. The molecule has 1 aliphatic rings. The Balaban J connectivity index is 2.64. The zero-order valence-electron chi connectivity index (χ0n) is 6.36. The first-order valence-electron chi connectivity index (χ1n) is 3.20. The van der Waals surface area contributed by atoms with Crippen molar-refractivity contribution < 1.29 is 4.74 Å². The van der Waals surface area contributed by atoms with Crippen LogP contribution < -0.4 is 0 Å². The summed E-state index contributed by atoms with van der Waals surface area (Å²) < 4.78 is 5.23. The van der Waals surface area contributed by atoms with Crippen LogP contribution in [0.2, 0.25) is 0 Å². The third-order valence-corrected chi connectivity index (χ3v) is 2.72. The van der Waals surface area contributed by atoms with Crippen molar-refractivity contribution in [3.05, 3.63) is 0 Å². The van der Waals surface area contributed by atoms with Crippen molar-refractivity contribution in [3.63, 3.8) is 0 Å². The van der Waals surface area contributed by atoms with Crippen LogP contribution in [0.1, 0.15) is 27.7 Å². The van der Waals surface area contributed by atoms with Crippen LogP contribution in [-0.4, -0.2) is 11.2 Å². The van der Waals surface area contributed by atoms with Crippen molar-refractivity contribution in [1.29, 1.82) is 0 Å². The van der Waals surface area contributed by atoms with E-state index in [0.29, 0.717) is 0 Å². The highest BCUT2D eigenvalue weighted by molar-refractivity contribution is 6.22. The van der Waals surface area contributed by atoms with Gasteiger partial charge in [-0.25, -0.2) is 0 Å². The lowest BCUT2D eigenvalue weighted by Gasteiger charge is -2.23. The quantitative estimate of drug-likeness (QED) is 0.380. The Kier molecular flexibility index (Phi) is 1.34.